The molecule has 3 rings (SSSR count). The molecule has 0 aromatic heterocycles. The van der Waals surface area contributed by atoms with Crippen LogP contribution >= 0.6 is 0 Å². The second-order valence-corrected chi connectivity index (χ2v) is 10.2. The van der Waals surface area contributed by atoms with E-state index in [-0.39, 0.29) is 24.1 Å². The molecule has 0 unspecified atom stereocenters. The standard InChI is InChI=1S/C18H29BN2O4S/c1-6-26(22,23)21-13-11-20(12-14-21)16-9-7-15(8-10-16)19-24-17(2,3)18(4,5)25-19/h7-10H,6,11-14H2,1-5H3. The number of rotatable bonds is 4. The van der Waals surface area contributed by atoms with Gasteiger partial charge in [-0.2, -0.15) is 4.31 Å². The number of hydrogen-bond acceptors (Lipinski definition) is 5. The van der Waals surface area contributed by atoms with Gasteiger partial charge < -0.3 is 14.2 Å². The Hall–Kier alpha value is -1.09. The van der Waals surface area contributed by atoms with Crippen LogP contribution in [0.5, 0.6) is 0 Å². The molecule has 2 fully saturated rings. The smallest absolute Gasteiger partial charge is 0.399 e. The molecule has 0 atom stereocenters. The third-order valence-corrected chi connectivity index (χ3v) is 7.66. The molecule has 0 aliphatic carbocycles. The van der Waals surface area contributed by atoms with Crippen molar-refractivity contribution in [1.82, 2.24) is 4.31 Å². The van der Waals surface area contributed by atoms with Gasteiger partial charge in [0.05, 0.1) is 17.0 Å². The lowest BCUT2D eigenvalue weighted by atomic mass is 9.79. The van der Waals surface area contributed by atoms with E-state index < -0.39 is 10.0 Å². The first-order valence-corrected chi connectivity index (χ1v) is 10.8. The van der Waals surface area contributed by atoms with Crippen LogP contribution < -0.4 is 10.4 Å². The molecule has 2 heterocycles. The summed E-state index contributed by atoms with van der Waals surface area (Å²) in [5.74, 6) is 0.162. The van der Waals surface area contributed by atoms with Crippen LogP contribution in [0.25, 0.3) is 0 Å². The largest absolute Gasteiger partial charge is 0.494 e. The average Bonchev–Trinajstić information content (AvgIpc) is 2.83. The highest BCUT2D eigenvalue weighted by molar-refractivity contribution is 7.89. The van der Waals surface area contributed by atoms with Gasteiger partial charge in [0.1, 0.15) is 0 Å². The third kappa shape index (κ3) is 3.65. The molecule has 0 amide bonds. The normalized spacial score (nSPS) is 23.4. The van der Waals surface area contributed by atoms with Gasteiger partial charge in [-0.15, -0.1) is 0 Å². The van der Waals surface area contributed by atoms with Crippen LogP contribution in [0.2, 0.25) is 0 Å². The average molecular weight is 380 g/mol. The lowest BCUT2D eigenvalue weighted by molar-refractivity contribution is 0.00578. The van der Waals surface area contributed by atoms with E-state index in [9.17, 15) is 8.42 Å². The number of hydrogen-bond donors (Lipinski definition) is 0. The molecule has 1 aromatic carbocycles. The molecule has 2 aliphatic rings. The first kappa shape index (κ1) is 19.7. The molecule has 8 heteroatoms. The molecule has 26 heavy (non-hydrogen) atoms. The lowest BCUT2D eigenvalue weighted by Gasteiger charge is -2.35. The zero-order valence-electron chi connectivity index (χ0n) is 16.4. The van der Waals surface area contributed by atoms with Crippen LogP contribution in [0.3, 0.4) is 0 Å². The van der Waals surface area contributed by atoms with E-state index in [2.05, 4.69) is 17.0 Å². The number of anilines is 1. The second kappa shape index (κ2) is 6.82. The Morgan fingerprint density at radius 3 is 1.92 bits per heavy atom. The van der Waals surface area contributed by atoms with E-state index in [0.717, 1.165) is 11.2 Å². The van der Waals surface area contributed by atoms with E-state index in [1.54, 1.807) is 11.2 Å². The van der Waals surface area contributed by atoms with Crippen molar-refractivity contribution in [2.24, 2.45) is 0 Å². The lowest BCUT2D eigenvalue weighted by Crippen LogP contribution is -2.49. The van der Waals surface area contributed by atoms with Gasteiger partial charge in [0.25, 0.3) is 0 Å². The van der Waals surface area contributed by atoms with Crippen molar-refractivity contribution in [2.75, 3.05) is 36.8 Å². The zero-order valence-corrected chi connectivity index (χ0v) is 17.2. The van der Waals surface area contributed by atoms with Crippen molar-refractivity contribution in [2.45, 2.75) is 45.8 Å². The highest BCUT2D eigenvalue weighted by Crippen LogP contribution is 2.36. The van der Waals surface area contributed by atoms with Crippen molar-refractivity contribution in [3.63, 3.8) is 0 Å². The first-order chi connectivity index (χ1) is 12.1. The molecule has 6 nitrogen and oxygen atoms in total. The van der Waals surface area contributed by atoms with Crippen molar-refractivity contribution >= 4 is 28.3 Å². The number of sulfonamides is 1. The van der Waals surface area contributed by atoms with Crippen LogP contribution in [0.1, 0.15) is 34.6 Å². The Balaban J connectivity index is 1.65. The van der Waals surface area contributed by atoms with E-state index >= 15 is 0 Å². The minimum atomic E-state index is -3.09. The summed E-state index contributed by atoms with van der Waals surface area (Å²) < 4.78 is 37.7. The van der Waals surface area contributed by atoms with E-state index in [4.69, 9.17) is 9.31 Å². The highest BCUT2D eigenvalue weighted by Gasteiger charge is 2.51. The van der Waals surface area contributed by atoms with E-state index in [0.29, 0.717) is 26.2 Å². The van der Waals surface area contributed by atoms with Gasteiger partial charge >= 0.3 is 7.12 Å². The molecule has 1 aromatic rings. The summed E-state index contributed by atoms with van der Waals surface area (Å²) in [6, 6.07) is 8.19. The topological polar surface area (TPSA) is 59.1 Å². The summed E-state index contributed by atoms with van der Waals surface area (Å²) in [5, 5.41) is 0. The molecule has 0 radical (unpaired) electrons. The van der Waals surface area contributed by atoms with Gasteiger partial charge in [-0.1, -0.05) is 12.1 Å². The van der Waals surface area contributed by atoms with Gasteiger partial charge in [-0.3, -0.25) is 0 Å². The maximum absolute atomic E-state index is 12.0. The SMILES string of the molecule is CCS(=O)(=O)N1CCN(c2ccc(B3OC(C)(C)C(C)(C)O3)cc2)CC1. The fourth-order valence-corrected chi connectivity index (χ4v) is 4.31. The molecule has 0 N–H and O–H groups in total. The van der Waals surface area contributed by atoms with Gasteiger partial charge in [-0.25, -0.2) is 8.42 Å². The predicted molar refractivity (Wildman–Crippen MR) is 105 cm³/mol. The summed E-state index contributed by atoms with van der Waals surface area (Å²) >= 11 is 0. The number of benzene rings is 1. The van der Waals surface area contributed by atoms with E-state index in [1.807, 2.05) is 39.8 Å². The van der Waals surface area contributed by atoms with Crippen LogP contribution in [-0.2, 0) is 19.3 Å². The van der Waals surface area contributed by atoms with Gasteiger partial charge in [0, 0.05) is 31.9 Å². The van der Waals surface area contributed by atoms with Gasteiger partial charge in [-0.05, 0) is 52.2 Å². The summed E-state index contributed by atoms with van der Waals surface area (Å²) in [4.78, 5) is 2.22. The molecule has 2 aliphatic heterocycles. The number of piperazine rings is 1. The van der Waals surface area contributed by atoms with Gasteiger partial charge in [0.15, 0.2) is 0 Å². The summed E-state index contributed by atoms with van der Waals surface area (Å²) in [5.41, 5.74) is 1.40. The Bertz CT molecular complexity index is 725. The van der Waals surface area contributed by atoms with Crippen LogP contribution in [0, 0.1) is 0 Å². The van der Waals surface area contributed by atoms with Crippen molar-refractivity contribution in [3.05, 3.63) is 24.3 Å². The maximum atomic E-state index is 12.0. The molecular formula is C18H29BN2O4S. The Morgan fingerprint density at radius 1 is 0.962 bits per heavy atom. The minimum Gasteiger partial charge on any atom is -0.399 e. The molecule has 144 valence electrons. The summed E-state index contributed by atoms with van der Waals surface area (Å²) in [6.07, 6.45) is 0. The Labute approximate surface area is 157 Å². The summed E-state index contributed by atoms with van der Waals surface area (Å²) in [6.45, 7) is 12.4. The zero-order chi connectivity index (χ0) is 19.2. The van der Waals surface area contributed by atoms with Crippen molar-refractivity contribution in [1.29, 1.82) is 0 Å². The maximum Gasteiger partial charge on any atom is 0.494 e. The fourth-order valence-electron chi connectivity index (χ4n) is 3.23. The van der Waals surface area contributed by atoms with Crippen LogP contribution in [-0.4, -0.2) is 63.0 Å². The Kier molecular flexibility index (Phi) is 5.16. The monoisotopic (exact) mass is 380 g/mol. The third-order valence-electron chi connectivity index (χ3n) is 5.78. The quantitative estimate of drug-likeness (QED) is 0.741. The van der Waals surface area contributed by atoms with Crippen molar-refractivity contribution in [3.8, 4) is 0 Å². The fraction of sp³-hybridized carbons (Fsp3) is 0.667. The van der Waals surface area contributed by atoms with E-state index in [1.165, 1.54) is 0 Å². The first-order valence-electron chi connectivity index (χ1n) is 9.24. The minimum absolute atomic E-state index is 0.162. The highest BCUT2D eigenvalue weighted by atomic mass is 32.2. The number of nitrogens with zero attached hydrogens (tertiary/aromatic N) is 2. The van der Waals surface area contributed by atoms with Crippen LogP contribution in [0.15, 0.2) is 24.3 Å². The van der Waals surface area contributed by atoms with Crippen molar-refractivity contribution < 1.29 is 17.7 Å². The molecule has 0 spiro atoms. The summed E-state index contributed by atoms with van der Waals surface area (Å²) in [7, 11) is -3.45. The second-order valence-electron chi connectivity index (χ2n) is 7.97. The Morgan fingerprint density at radius 2 is 1.46 bits per heavy atom. The molecular weight excluding hydrogens is 351 g/mol. The van der Waals surface area contributed by atoms with Gasteiger partial charge in [0.2, 0.25) is 10.0 Å². The predicted octanol–water partition coefficient (Wildman–Crippen LogP) is 1.46. The van der Waals surface area contributed by atoms with Crippen LogP contribution in [0.4, 0.5) is 5.69 Å². The molecule has 0 bridgehead atoms. The molecule has 2 saturated heterocycles. The molecule has 0 saturated carbocycles.